The highest BCUT2D eigenvalue weighted by Gasteiger charge is 2.37. The van der Waals surface area contributed by atoms with E-state index in [-0.39, 0.29) is 0 Å². The van der Waals surface area contributed by atoms with Crippen molar-refractivity contribution in [3.8, 4) is 0 Å². The topological polar surface area (TPSA) is 0 Å². The summed E-state index contributed by atoms with van der Waals surface area (Å²) in [5.41, 5.74) is 1.73. The quantitative estimate of drug-likeness (QED) is 0.407. The van der Waals surface area contributed by atoms with Crippen LogP contribution in [0.1, 0.15) is 64.2 Å². The zero-order chi connectivity index (χ0) is 11.4. The van der Waals surface area contributed by atoms with Gasteiger partial charge in [-0.1, -0.05) is 60.7 Å². The zero-order valence-electron chi connectivity index (χ0n) is 9.94. The molecule has 0 amide bonds. The molecule has 0 aromatic rings. The van der Waals surface area contributed by atoms with Crippen molar-refractivity contribution in [2.75, 3.05) is 0 Å². The van der Waals surface area contributed by atoms with Crippen molar-refractivity contribution in [3.63, 3.8) is 0 Å². The smallest absolute Gasteiger partial charge is 0.0234 e. The van der Waals surface area contributed by atoms with E-state index >= 15 is 0 Å². The van der Waals surface area contributed by atoms with Gasteiger partial charge in [-0.15, -0.1) is 11.7 Å². The second-order valence-electron chi connectivity index (χ2n) is 5.31. The first-order chi connectivity index (χ1) is 7.77. The lowest BCUT2D eigenvalue weighted by molar-refractivity contribution is 0.488. The van der Waals surface area contributed by atoms with Gasteiger partial charge < -0.3 is 0 Å². The third kappa shape index (κ3) is 3.02. The lowest BCUT2D eigenvalue weighted by Gasteiger charge is -2.39. The number of hydrogen-bond acceptors (Lipinski definition) is 3. The molecule has 0 aliphatic heterocycles. The van der Waals surface area contributed by atoms with E-state index < -0.39 is 5.24 Å². The molecule has 0 nitrogen and oxygen atoms in total. The van der Waals surface area contributed by atoms with Gasteiger partial charge in [-0.2, -0.15) is 0 Å². The third-order valence-electron chi connectivity index (χ3n) is 4.29. The van der Waals surface area contributed by atoms with Crippen LogP contribution < -0.4 is 0 Å². The van der Waals surface area contributed by atoms with Crippen LogP contribution in [0.25, 0.3) is 0 Å². The maximum absolute atomic E-state index is 6.14. The Morgan fingerprint density at radius 1 is 0.812 bits per heavy atom. The highest BCUT2D eigenvalue weighted by Crippen LogP contribution is 2.72. The lowest BCUT2D eigenvalue weighted by Crippen LogP contribution is -2.21. The first-order valence-corrected chi connectivity index (χ1v) is 12.1. The van der Waals surface area contributed by atoms with E-state index in [1.54, 1.807) is 10.4 Å². The van der Waals surface area contributed by atoms with E-state index in [0.29, 0.717) is 0 Å². The van der Waals surface area contributed by atoms with Gasteiger partial charge in [0.1, 0.15) is 0 Å². The Labute approximate surface area is 114 Å². The minimum atomic E-state index is -1.24. The standard InChI is InChI=1S/C12H23PS3/c14-13(16-15,11-7-3-1-4-8-11)12-9-5-2-6-10-12/h11-12,15H,1-10H2. The van der Waals surface area contributed by atoms with Gasteiger partial charge in [0.2, 0.25) is 0 Å². The first-order valence-electron chi connectivity index (χ1n) is 6.70. The van der Waals surface area contributed by atoms with Crippen molar-refractivity contribution in [3.05, 3.63) is 0 Å². The summed E-state index contributed by atoms with van der Waals surface area (Å²) in [4.78, 5) is 0. The maximum atomic E-state index is 6.14. The maximum Gasteiger partial charge on any atom is 0.0234 e. The monoisotopic (exact) mass is 294 g/mol. The summed E-state index contributed by atoms with van der Waals surface area (Å²) in [5, 5.41) is -1.24. The van der Waals surface area contributed by atoms with Gasteiger partial charge in [0.25, 0.3) is 0 Å². The Morgan fingerprint density at radius 3 is 1.50 bits per heavy atom. The van der Waals surface area contributed by atoms with Crippen LogP contribution in [0.5, 0.6) is 0 Å². The molecule has 2 aliphatic rings. The Kier molecular flexibility index (Phi) is 5.59. The molecule has 0 aromatic carbocycles. The number of hydrogen-bond donors (Lipinski definition) is 1. The summed E-state index contributed by atoms with van der Waals surface area (Å²) in [7, 11) is 1.81. The number of thiol groups is 1. The van der Waals surface area contributed by atoms with E-state index in [2.05, 4.69) is 11.7 Å². The summed E-state index contributed by atoms with van der Waals surface area (Å²) in [6, 6.07) is 0. The van der Waals surface area contributed by atoms with Crippen molar-refractivity contribution >= 4 is 39.1 Å². The van der Waals surface area contributed by atoms with Crippen molar-refractivity contribution < 1.29 is 0 Å². The summed E-state index contributed by atoms with van der Waals surface area (Å²) < 4.78 is 0. The van der Waals surface area contributed by atoms with Gasteiger partial charge in [-0.05, 0) is 37.0 Å². The molecular weight excluding hydrogens is 271 g/mol. The molecule has 0 N–H and O–H groups in total. The summed E-state index contributed by atoms with van der Waals surface area (Å²) >= 11 is 10.7. The van der Waals surface area contributed by atoms with Crippen LogP contribution in [0.3, 0.4) is 0 Å². The number of rotatable bonds is 3. The largest absolute Gasteiger partial charge is 0.106 e. The van der Waals surface area contributed by atoms with Gasteiger partial charge in [-0.25, -0.2) is 0 Å². The van der Waals surface area contributed by atoms with E-state index in [1.807, 2.05) is 0 Å². The van der Waals surface area contributed by atoms with E-state index in [9.17, 15) is 0 Å². The molecule has 16 heavy (non-hydrogen) atoms. The zero-order valence-corrected chi connectivity index (χ0v) is 13.4. The summed E-state index contributed by atoms with van der Waals surface area (Å²) in [6.07, 6.45) is 14.2. The van der Waals surface area contributed by atoms with Crippen LogP contribution in [-0.4, -0.2) is 11.3 Å². The molecule has 2 rings (SSSR count). The van der Waals surface area contributed by atoms with Gasteiger partial charge in [0, 0.05) is 5.24 Å². The van der Waals surface area contributed by atoms with Crippen LogP contribution >= 0.6 is 27.3 Å². The van der Waals surface area contributed by atoms with Crippen LogP contribution in [-0.2, 0) is 11.8 Å². The average Bonchev–Trinajstić information content (AvgIpc) is 2.40. The van der Waals surface area contributed by atoms with E-state index in [4.69, 9.17) is 11.8 Å². The average molecular weight is 294 g/mol. The van der Waals surface area contributed by atoms with Gasteiger partial charge in [0.15, 0.2) is 0 Å². The molecule has 0 radical (unpaired) electrons. The van der Waals surface area contributed by atoms with Crippen molar-refractivity contribution in [1.29, 1.82) is 0 Å². The normalized spacial score (nSPS) is 25.8. The fourth-order valence-corrected chi connectivity index (χ4v) is 12.1. The van der Waals surface area contributed by atoms with Crippen LogP contribution in [0.2, 0.25) is 0 Å². The fraction of sp³-hybridized carbons (Fsp3) is 1.00. The van der Waals surface area contributed by atoms with E-state index in [1.165, 1.54) is 64.2 Å². The van der Waals surface area contributed by atoms with Gasteiger partial charge in [0.05, 0.1) is 0 Å². The van der Waals surface area contributed by atoms with Gasteiger partial charge >= 0.3 is 0 Å². The molecule has 2 saturated carbocycles. The molecule has 0 unspecified atom stereocenters. The minimum Gasteiger partial charge on any atom is -0.106 e. The molecule has 0 spiro atoms. The minimum absolute atomic E-state index is 0.863. The SMILES string of the molecule is S=P(SS)(C1CCCCC1)C1CCCCC1. The molecule has 0 bridgehead atoms. The Balaban J connectivity index is 2.06. The molecular formula is C12H23PS3. The molecule has 94 valence electrons. The summed E-state index contributed by atoms with van der Waals surface area (Å²) in [6.45, 7) is 0. The third-order valence-corrected chi connectivity index (χ3v) is 16.1. The van der Waals surface area contributed by atoms with Crippen LogP contribution in [0.15, 0.2) is 0 Å². The van der Waals surface area contributed by atoms with Crippen LogP contribution in [0, 0.1) is 0 Å². The molecule has 4 heteroatoms. The molecule has 0 heterocycles. The molecule has 2 aliphatic carbocycles. The lowest BCUT2D eigenvalue weighted by atomic mass is 10.00. The molecule has 2 fully saturated rings. The molecule has 0 aromatic heterocycles. The Bertz CT molecular complexity index is 233. The predicted molar refractivity (Wildman–Crippen MR) is 84.6 cm³/mol. The Morgan fingerprint density at radius 2 is 1.19 bits per heavy atom. The van der Waals surface area contributed by atoms with Gasteiger partial charge in [-0.3, -0.25) is 0 Å². The predicted octanol–water partition coefficient (Wildman–Crippen LogP) is 5.62. The van der Waals surface area contributed by atoms with Crippen molar-refractivity contribution in [2.45, 2.75) is 75.5 Å². The highest BCUT2D eigenvalue weighted by atomic mass is 33.4. The second kappa shape index (κ2) is 6.50. The van der Waals surface area contributed by atoms with Crippen molar-refractivity contribution in [2.24, 2.45) is 0 Å². The highest BCUT2D eigenvalue weighted by molar-refractivity contribution is 9.00. The molecule has 0 saturated heterocycles. The first kappa shape index (κ1) is 13.8. The molecule has 0 atom stereocenters. The van der Waals surface area contributed by atoms with Crippen LogP contribution in [0.4, 0.5) is 0 Å². The second-order valence-corrected chi connectivity index (χ2v) is 14.5. The van der Waals surface area contributed by atoms with Crippen molar-refractivity contribution in [1.82, 2.24) is 0 Å². The van der Waals surface area contributed by atoms with E-state index in [0.717, 1.165) is 11.3 Å². The Hall–Kier alpha value is 1.35. The summed E-state index contributed by atoms with van der Waals surface area (Å²) in [5.74, 6) is 0. The fourth-order valence-electron chi connectivity index (χ4n) is 3.31.